The fourth-order valence-electron chi connectivity index (χ4n) is 2.30. The lowest BCUT2D eigenvalue weighted by molar-refractivity contribution is 0.256. The fraction of sp³-hybridized carbons (Fsp3) is 0.750. The summed E-state index contributed by atoms with van der Waals surface area (Å²) in [7, 11) is 1.98. The number of alkyl halides is 1. The molecule has 2 rings (SSSR count). The summed E-state index contributed by atoms with van der Waals surface area (Å²) in [5.74, 6) is 0. The molecule has 1 aromatic rings. The SMILES string of the molecule is Cn1ccc(CN2CCCN(CCBr)CC2)n1. The van der Waals surface area contributed by atoms with Gasteiger partial charge >= 0.3 is 0 Å². The van der Waals surface area contributed by atoms with Crippen LogP contribution >= 0.6 is 15.9 Å². The molecule has 1 aliphatic rings. The molecule has 0 amide bonds. The largest absolute Gasteiger partial charge is 0.301 e. The van der Waals surface area contributed by atoms with Crippen LogP contribution in [-0.2, 0) is 13.6 Å². The Balaban J connectivity index is 1.82. The molecule has 1 aromatic heterocycles. The molecule has 1 saturated heterocycles. The van der Waals surface area contributed by atoms with Gasteiger partial charge in [0.05, 0.1) is 5.69 Å². The summed E-state index contributed by atoms with van der Waals surface area (Å²) < 4.78 is 1.88. The number of rotatable bonds is 4. The van der Waals surface area contributed by atoms with Gasteiger partial charge in [-0.1, -0.05) is 15.9 Å². The zero-order chi connectivity index (χ0) is 12.1. The molecule has 1 fully saturated rings. The quantitative estimate of drug-likeness (QED) is 0.784. The van der Waals surface area contributed by atoms with Crippen LogP contribution in [0.3, 0.4) is 0 Å². The lowest BCUT2D eigenvalue weighted by atomic mass is 10.3. The Labute approximate surface area is 112 Å². The van der Waals surface area contributed by atoms with E-state index in [-0.39, 0.29) is 0 Å². The molecule has 17 heavy (non-hydrogen) atoms. The molecule has 5 heteroatoms. The number of nitrogens with zero attached hydrogens (tertiary/aromatic N) is 4. The minimum Gasteiger partial charge on any atom is -0.301 e. The number of halogens is 1. The summed E-state index contributed by atoms with van der Waals surface area (Å²) >= 11 is 3.51. The van der Waals surface area contributed by atoms with Gasteiger partial charge in [-0.3, -0.25) is 9.58 Å². The monoisotopic (exact) mass is 300 g/mol. The van der Waals surface area contributed by atoms with E-state index in [1.54, 1.807) is 0 Å². The van der Waals surface area contributed by atoms with Crippen molar-refractivity contribution in [2.75, 3.05) is 38.1 Å². The third-order valence-corrected chi connectivity index (χ3v) is 3.59. The molecule has 0 radical (unpaired) electrons. The molecular weight excluding hydrogens is 280 g/mol. The van der Waals surface area contributed by atoms with Crippen molar-refractivity contribution in [1.29, 1.82) is 0 Å². The van der Waals surface area contributed by atoms with Gasteiger partial charge in [0.2, 0.25) is 0 Å². The number of hydrogen-bond acceptors (Lipinski definition) is 3. The predicted molar refractivity (Wildman–Crippen MR) is 73.3 cm³/mol. The second-order valence-corrected chi connectivity index (χ2v) is 5.43. The first-order valence-electron chi connectivity index (χ1n) is 6.27. The first kappa shape index (κ1) is 13.1. The molecule has 0 spiro atoms. The average Bonchev–Trinajstić information content (AvgIpc) is 2.58. The van der Waals surface area contributed by atoms with E-state index >= 15 is 0 Å². The Morgan fingerprint density at radius 3 is 2.71 bits per heavy atom. The molecule has 96 valence electrons. The maximum atomic E-state index is 4.44. The van der Waals surface area contributed by atoms with Crippen molar-refractivity contribution in [1.82, 2.24) is 19.6 Å². The predicted octanol–water partition coefficient (Wildman–Crippen LogP) is 1.32. The van der Waals surface area contributed by atoms with Gasteiger partial charge < -0.3 is 4.90 Å². The highest BCUT2D eigenvalue weighted by Gasteiger charge is 2.14. The van der Waals surface area contributed by atoms with Crippen molar-refractivity contribution in [2.24, 2.45) is 7.05 Å². The molecule has 0 unspecified atom stereocenters. The molecule has 0 aromatic carbocycles. The topological polar surface area (TPSA) is 24.3 Å². The van der Waals surface area contributed by atoms with Crippen LogP contribution in [-0.4, -0.2) is 57.6 Å². The summed E-state index contributed by atoms with van der Waals surface area (Å²) in [5, 5.41) is 5.52. The van der Waals surface area contributed by atoms with E-state index in [4.69, 9.17) is 0 Å². The highest BCUT2D eigenvalue weighted by Crippen LogP contribution is 2.07. The van der Waals surface area contributed by atoms with E-state index < -0.39 is 0 Å². The number of aromatic nitrogens is 2. The van der Waals surface area contributed by atoms with Crippen LogP contribution in [0.25, 0.3) is 0 Å². The summed E-state index contributed by atoms with van der Waals surface area (Å²) in [6.07, 6.45) is 3.28. The van der Waals surface area contributed by atoms with Crippen LogP contribution < -0.4 is 0 Å². The van der Waals surface area contributed by atoms with Crippen LogP contribution in [0.2, 0.25) is 0 Å². The molecule has 0 atom stereocenters. The first-order chi connectivity index (χ1) is 8.28. The van der Waals surface area contributed by atoms with E-state index in [0.717, 1.165) is 25.0 Å². The zero-order valence-corrected chi connectivity index (χ0v) is 12.1. The van der Waals surface area contributed by atoms with Crippen LogP contribution in [0.1, 0.15) is 12.1 Å². The van der Waals surface area contributed by atoms with Crippen LogP contribution in [0.5, 0.6) is 0 Å². The van der Waals surface area contributed by atoms with E-state index in [1.807, 2.05) is 17.9 Å². The number of aryl methyl sites for hydroxylation is 1. The van der Waals surface area contributed by atoms with Gasteiger partial charge in [-0.15, -0.1) is 0 Å². The van der Waals surface area contributed by atoms with Crippen molar-refractivity contribution in [3.63, 3.8) is 0 Å². The van der Waals surface area contributed by atoms with Crippen molar-refractivity contribution in [3.05, 3.63) is 18.0 Å². The van der Waals surface area contributed by atoms with E-state index in [0.29, 0.717) is 0 Å². The smallest absolute Gasteiger partial charge is 0.0764 e. The van der Waals surface area contributed by atoms with Crippen molar-refractivity contribution in [3.8, 4) is 0 Å². The van der Waals surface area contributed by atoms with Gasteiger partial charge in [0.1, 0.15) is 0 Å². The maximum Gasteiger partial charge on any atom is 0.0764 e. The molecule has 0 bridgehead atoms. The first-order valence-corrected chi connectivity index (χ1v) is 7.39. The molecule has 0 N–H and O–H groups in total. The van der Waals surface area contributed by atoms with Gasteiger partial charge in [0, 0.05) is 44.8 Å². The van der Waals surface area contributed by atoms with Crippen LogP contribution in [0.15, 0.2) is 12.3 Å². The normalized spacial score (nSPS) is 19.4. The van der Waals surface area contributed by atoms with Crippen molar-refractivity contribution in [2.45, 2.75) is 13.0 Å². The Morgan fingerprint density at radius 1 is 1.24 bits per heavy atom. The Morgan fingerprint density at radius 2 is 2.00 bits per heavy atom. The standard InChI is InChI=1S/C12H21BrN4/c1-15-7-3-12(14-15)11-17-6-2-5-16(8-4-13)9-10-17/h3,7H,2,4-6,8-11H2,1H3. The molecule has 4 nitrogen and oxygen atoms in total. The van der Waals surface area contributed by atoms with Gasteiger partial charge in [-0.25, -0.2) is 0 Å². The maximum absolute atomic E-state index is 4.44. The fourth-order valence-corrected chi connectivity index (χ4v) is 2.80. The zero-order valence-electron chi connectivity index (χ0n) is 10.5. The minimum atomic E-state index is 0.989. The third kappa shape index (κ3) is 4.08. The summed E-state index contributed by atoms with van der Waals surface area (Å²) in [6, 6.07) is 2.11. The average molecular weight is 301 g/mol. The summed E-state index contributed by atoms with van der Waals surface area (Å²) in [5.41, 5.74) is 1.18. The third-order valence-electron chi connectivity index (χ3n) is 3.24. The Kier molecular flexibility index (Phi) is 5.00. The van der Waals surface area contributed by atoms with Gasteiger partial charge in [-0.2, -0.15) is 5.10 Å². The lowest BCUT2D eigenvalue weighted by Gasteiger charge is -2.20. The highest BCUT2D eigenvalue weighted by atomic mass is 79.9. The Bertz CT molecular complexity index is 339. The van der Waals surface area contributed by atoms with E-state index in [9.17, 15) is 0 Å². The summed E-state index contributed by atoms with van der Waals surface area (Å²) in [6.45, 7) is 6.90. The molecule has 1 aliphatic heterocycles. The van der Waals surface area contributed by atoms with Gasteiger partial charge in [-0.05, 0) is 25.6 Å². The van der Waals surface area contributed by atoms with Gasteiger partial charge in [0.15, 0.2) is 0 Å². The minimum absolute atomic E-state index is 0.989. The summed E-state index contributed by atoms with van der Waals surface area (Å²) in [4.78, 5) is 5.05. The molecule has 0 aliphatic carbocycles. The Hall–Kier alpha value is -0.390. The molecular formula is C12H21BrN4. The molecule has 0 saturated carbocycles. The second-order valence-electron chi connectivity index (χ2n) is 4.64. The molecule has 2 heterocycles. The van der Waals surface area contributed by atoms with Crippen molar-refractivity contribution < 1.29 is 0 Å². The van der Waals surface area contributed by atoms with E-state index in [2.05, 4.69) is 36.9 Å². The van der Waals surface area contributed by atoms with Crippen molar-refractivity contribution >= 4 is 15.9 Å². The van der Waals surface area contributed by atoms with Crippen LogP contribution in [0, 0.1) is 0 Å². The second kappa shape index (κ2) is 6.52. The van der Waals surface area contributed by atoms with Crippen LogP contribution in [0.4, 0.5) is 0 Å². The van der Waals surface area contributed by atoms with Gasteiger partial charge in [0.25, 0.3) is 0 Å². The number of hydrogen-bond donors (Lipinski definition) is 0. The lowest BCUT2D eigenvalue weighted by Crippen LogP contribution is -2.31. The van der Waals surface area contributed by atoms with E-state index in [1.165, 1.54) is 31.7 Å². The highest BCUT2D eigenvalue weighted by molar-refractivity contribution is 9.09.